The molecule has 0 aromatic heterocycles. The molecule has 1 aliphatic heterocycles. The molecule has 6 heteroatoms. The molecule has 5 nitrogen and oxygen atoms in total. The van der Waals surface area contributed by atoms with Crippen LogP contribution < -0.4 is 10.8 Å². The van der Waals surface area contributed by atoms with E-state index in [-0.39, 0.29) is 11.2 Å². The Morgan fingerprint density at radius 2 is 1.76 bits per heavy atom. The lowest BCUT2D eigenvalue weighted by molar-refractivity contribution is 0.00578. The van der Waals surface area contributed by atoms with Crippen LogP contribution in [0.1, 0.15) is 33.3 Å². The summed E-state index contributed by atoms with van der Waals surface area (Å²) in [7, 11) is -0.420. The number of rotatable bonds is 4. The van der Waals surface area contributed by atoms with Crippen molar-refractivity contribution in [2.24, 2.45) is 0 Å². The van der Waals surface area contributed by atoms with Gasteiger partial charge in [-0.15, -0.1) is 0 Å². The maximum atomic E-state index is 10.5. The average Bonchev–Trinajstić information content (AvgIpc) is 2.58. The summed E-state index contributed by atoms with van der Waals surface area (Å²) in [6, 6.07) is 7.82. The molecule has 1 amide bonds. The van der Waals surface area contributed by atoms with E-state index in [4.69, 9.17) is 14.4 Å². The van der Waals surface area contributed by atoms with Gasteiger partial charge in [-0.2, -0.15) is 0 Å². The molecule has 1 fully saturated rings. The second-order valence-corrected chi connectivity index (χ2v) is 6.27. The van der Waals surface area contributed by atoms with Gasteiger partial charge in [-0.25, -0.2) is 4.79 Å². The van der Waals surface area contributed by atoms with Crippen LogP contribution in [-0.4, -0.2) is 36.1 Å². The fourth-order valence-electron chi connectivity index (χ4n) is 2.27. The zero-order chi connectivity index (χ0) is 15.7. The Kier molecular flexibility index (Phi) is 4.30. The zero-order valence-electron chi connectivity index (χ0n) is 13.0. The molecular formula is C15H22BNO4. The molecule has 1 aromatic carbocycles. The number of hydrogen-bond donors (Lipinski definition) is 2. The third-order valence-electron chi connectivity index (χ3n) is 4.23. The topological polar surface area (TPSA) is 67.8 Å². The summed E-state index contributed by atoms with van der Waals surface area (Å²) in [5, 5.41) is 11.0. The van der Waals surface area contributed by atoms with Gasteiger partial charge in [0, 0.05) is 6.54 Å². The van der Waals surface area contributed by atoms with Crippen molar-refractivity contribution in [2.75, 3.05) is 6.54 Å². The molecule has 21 heavy (non-hydrogen) atoms. The molecule has 1 aromatic rings. The molecule has 0 aliphatic carbocycles. The van der Waals surface area contributed by atoms with Crippen molar-refractivity contribution in [1.82, 2.24) is 5.32 Å². The second kappa shape index (κ2) is 5.69. The summed E-state index contributed by atoms with van der Waals surface area (Å²) < 4.78 is 12.1. The first-order chi connectivity index (χ1) is 9.73. The van der Waals surface area contributed by atoms with Crippen molar-refractivity contribution in [3.63, 3.8) is 0 Å². The molecule has 2 rings (SSSR count). The van der Waals surface area contributed by atoms with Crippen molar-refractivity contribution in [3.05, 3.63) is 29.8 Å². The van der Waals surface area contributed by atoms with Crippen LogP contribution in [0.15, 0.2) is 24.3 Å². The lowest BCUT2D eigenvalue weighted by atomic mass is 9.75. The van der Waals surface area contributed by atoms with Crippen LogP contribution in [0.25, 0.3) is 0 Å². The van der Waals surface area contributed by atoms with Gasteiger partial charge in [0.1, 0.15) is 0 Å². The third kappa shape index (κ3) is 3.39. The number of nitrogens with one attached hydrogen (secondary N) is 1. The van der Waals surface area contributed by atoms with E-state index in [0.29, 0.717) is 13.0 Å². The summed E-state index contributed by atoms with van der Waals surface area (Å²) in [4.78, 5) is 10.5. The van der Waals surface area contributed by atoms with E-state index in [2.05, 4.69) is 5.32 Å². The molecule has 114 valence electrons. The minimum atomic E-state index is -1.01. The SMILES string of the molecule is CC1(C)OB(c2ccccc2CCNC(=O)O)OC1(C)C. The number of carbonyl (C=O) groups is 1. The Hall–Kier alpha value is -1.53. The molecule has 0 atom stereocenters. The maximum absolute atomic E-state index is 10.5. The molecule has 0 spiro atoms. The molecule has 2 N–H and O–H groups in total. The predicted molar refractivity (Wildman–Crippen MR) is 81.9 cm³/mol. The van der Waals surface area contributed by atoms with E-state index in [1.165, 1.54) is 0 Å². The predicted octanol–water partition coefficient (Wildman–Crippen LogP) is 1.80. The number of hydrogen-bond acceptors (Lipinski definition) is 3. The van der Waals surface area contributed by atoms with E-state index >= 15 is 0 Å². The molecule has 0 saturated carbocycles. The van der Waals surface area contributed by atoms with Gasteiger partial charge in [0.15, 0.2) is 0 Å². The molecular weight excluding hydrogens is 269 g/mol. The Bertz CT molecular complexity index is 514. The first-order valence-electron chi connectivity index (χ1n) is 7.13. The van der Waals surface area contributed by atoms with Crippen molar-refractivity contribution >= 4 is 18.7 Å². The maximum Gasteiger partial charge on any atom is 0.495 e. The van der Waals surface area contributed by atoms with Gasteiger partial charge in [-0.1, -0.05) is 24.3 Å². The standard InChI is InChI=1S/C15H22BNO4/c1-14(2)15(3,4)21-16(20-14)12-8-6-5-7-11(12)9-10-17-13(18)19/h5-8,17H,9-10H2,1-4H3,(H,18,19). The summed E-state index contributed by atoms with van der Waals surface area (Å²) in [6.45, 7) is 8.43. The normalized spacial score (nSPS) is 19.5. The van der Waals surface area contributed by atoms with Crippen molar-refractivity contribution < 1.29 is 19.2 Å². The van der Waals surface area contributed by atoms with Gasteiger partial charge in [0.2, 0.25) is 0 Å². The summed E-state index contributed by atoms with van der Waals surface area (Å²) in [5.74, 6) is 0. The first kappa shape index (κ1) is 15.9. The van der Waals surface area contributed by atoms with Crippen LogP contribution >= 0.6 is 0 Å². The average molecular weight is 291 g/mol. The van der Waals surface area contributed by atoms with Gasteiger partial charge in [0.25, 0.3) is 0 Å². The largest absolute Gasteiger partial charge is 0.495 e. The first-order valence-corrected chi connectivity index (χ1v) is 7.13. The van der Waals surface area contributed by atoms with E-state index in [1.807, 2.05) is 52.0 Å². The Balaban J connectivity index is 2.16. The van der Waals surface area contributed by atoms with Gasteiger partial charge < -0.3 is 19.7 Å². The highest BCUT2D eigenvalue weighted by atomic mass is 16.7. The number of carboxylic acid groups (broad SMARTS) is 1. The van der Waals surface area contributed by atoms with E-state index in [0.717, 1.165) is 11.0 Å². The number of amides is 1. The molecule has 0 unspecified atom stereocenters. The summed E-state index contributed by atoms with van der Waals surface area (Å²) >= 11 is 0. The van der Waals surface area contributed by atoms with E-state index in [1.54, 1.807) is 0 Å². The fourth-order valence-corrected chi connectivity index (χ4v) is 2.27. The lowest BCUT2D eigenvalue weighted by Gasteiger charge is -2.32. The van der Waals surface area contributed by atoms with Crippen LogP contribution in [0.4, 0.5) is 4.79 Å². The van der Waals surface area contributed by atoms with Gasteiger partial charge >= 0.3 is 13.2 Å². The van der Waals surface area contributed by atoms with Gasteiger partial charge in [0.05, 0.1) is 11.2 Å². The Morgan fingerprint density at radius 1 is 1.19 bits per heavy atom. The van der Waals surface area contributed by atoms with E-state index in [9.17, 15) is 4.79 Å². The second-order valence-electron chi connectivity index (χ2n) is 6.27. The Morgan fingerprint density at radius 3 is 2.33 bits per heavy atom. The minimum Gasteiger partial charge on any atom is -0.465 e. The highest BCUT2D eigenvalue weighted by Crippen LogP contribution is 2.36. The van der Waals surface area contributed by atoms with Crippen molar-refractivity contribution in [1.29, 1.82) is 0 Å². The lowest BCUT2D eigenvalue weighted by Crippen LogP contribution is -2.41. The van der Waals surface area contributed by atoms with E-state index < -0.39 is 13.2 Å². The minimum absolute atomic E-state index is 0.367. The smallest absolute Gasteiger partial charge is 0.465 e. The molecule has 0 bridgehead atoms. The summed E-state index contributed by atoms with van der Waals surface area (Å²) in [5.41, 5.74) is 1.22. The Labute approximate surface area is 125 Å². The van der Waals surface area contributed by atoms with Crippen LogP contribution in [0, 0.1) is 0 Å². The monoisotopic (exact) mass is 291 g/mol. The molecule has 1 heterocycles. The van der Waals surface area contributed by atoms with Gasteiger partial charge in [-0.3, -0.25) is 0 Å². The van der Waals surface area contributed by atoms with Crippen LogP contribution in [0.5, 0.6) is 0 Å². The van der Waals surface area contributed by atoms with Crippen LogP contribution in [0.3, 0.4) is 0 Å². The molecule has 1 saturated heterocycles. The van der Waals surface area contributed by atoms with Crippen molar-refractivity contribution in [3.8, 4) is 0 Å². The molecule has 0 radical (unpaired) electrons. The molecule has 1 aliphatic rings. The number of benzene rings is 1. The zero-order valence-corrected chi connectivity index (χ0v) is 13.0. The van der Waals surface area contributed by atoms with Crippen LogP contribution in [-0.2, 0) is 15.7 Å². The summed E-state index contributed by atoms with van der Waals surface area (Å²) in [6.07, 6.45) is -0.407. The third-order valence-corrected chi connectivity index (χ3v) is 4.23. The highest BCUT2D eigenvalue weighted by Gasteiger charge is 2.52. The van der Waals surface area contributed by atoms with Gasteiger partial charge in [-0.05, 0) is 45.1 Å². The van der Waals surface area contributed by atoms with Crippen molar-refractivity contribution in [2.45, 2.75) is 45.3 Å². The quantitative estimate of drug-likeness (QED) is 0.830. The highest BCUT2D eigenvalue weighted by molar-refractivity contribution is 6.62. The van der Waals surface area contributed by atoms with Crippen LogP contribution in [0.2, 0.25) is 0 Å². The fraction of sp³-hybridized carbons (Fsp3) is 0.533.